The lowest BCUT2D eigenvalue weighted by molar-refractivity contribution is -0.132. The van der Waals surface area contributed by atoms with E-state index in [4.69, 9.17) is 11.6 Å². The smallest absolute Gasteiger partial charge is 0.223 e. The van der Waals surface area contributed by atoms with Crippen LogP contribution in [0.5, 0.6) is 0 Å². The number of thiophene rings is 2. The summed E-state index contributed by atoms with van der Waals surface area (Å²) in [6.45, 7) is 1.15. The molecular weight excluding hydrogens is 386 g/mol. The van der Waals surface area contributed by atoms with Crippen molar-refractivity contribution in [2.75, 3.05) is 0 Å². The summed E-state index contributed by atoms with van der Waals surface area (Å²) in [5.74, 6) is -0.0451. The van der Waals surface area contributed by atoms with Crippen LogP contribution in [0, 0.1) is 0 Å². The summed E-state index contributed by atoms with van der Waals surface area (Å²) in [6, 6.07) is 14.8. The van der Waals surface area contributed by atoms with Gasteiger partial charge in [-0.1, -0.05) is 23.7 Å². The number of benzene rings is 1. The minimum absolute atomic E-state index is 0.00545. The maximum absolute atomic E-state index is 12.7. The molecule has 3 nitrogen and oxygen atoms in total. The quantitative estimate of drug-likeness (QED) is 0.455. The van der Waals surface area contributed by atoms with E-state index in [9.17, 15) is 9.59 Å². The second kappa shape index (κ2) is 9.12. The number of amides is 1. The molecule has 0 unspecified atom stereocenters. The second-order valence-corrected chi connectivity index (χ2v) is 8.34. The first-order chi connectivity index (χ1) is 12.6. The number of nitrogens with zero attached hydrogens (tertiary/aromatic N) is 1. The molecule has 2 aromatic heterocycles. The molecule has 1 aromatic carbocycles. The van der Waals surface area contributed by atoms with Gasteiger partial charge in [0.2, 0.25) is 5.91 Å². The summed E-state index contributed by atoms with van der Waals surface area (Å²) in [4.78, 5) is 29.2. The molecule has 0 N–H and O–H groups in total. The van der Waals surface area contributed by atoms with Crippen molar-refractivity contribution in [3.63, 3.8) is 0 Å². The van der Waals surface area contributed by atoms with Crippen LogP contribution in [0.4, 0.5) is 0 Å². The Hall–Kier alpha value is -1.95. The zero-order chi connectivity index (χ0) is 18.4. The van der Waals surface area contributed by atoms with Crippen LogP contribution in [0.15, 0.2) is 59.3 Å². The molecule has 3 rings (SSSR count). The molecule has 0 aliphatic carbocycles. The van der Waals surface area contributed by atoms with Crippen molar-refractivity contribution < 1.29 is 9.59 Å². The molecule has 0 fully saturated rings. The average molecular weight is 404 g/mol. The minimum Gasteiger partial charge on any atom is -0.332 e. The first-order valence-electron chi connectivity index (χ1n) is 8.23. The Morgan fingerprint density at radius 1 is 0.846 bits per heavy atom. The van der Waals surface area contributed by atoms with Crippen LogP contribution in [0.2, 0.25) is 5.02 Å². The topological polar surface area (TPSA) is 37.4 Å². The first kappa shape index (κ1) is 18.8. The molecule has 26 heavy (non-hydrogen) atoms. The fraction of sp³-hybridized carbons (Fsp3) is 0.200. The molecule has 0 bridgehead atoms. The van der Waals surface area contributed by atoms with Crippen molar-refractivity contribution in [2.24, 2.45) is 0 Å². The SMILES string of the molecule is O=C(CCC(=O)N(Cc1cccs1)Cc1cccs1)c1ccc(Cl)cc1. The molecule has 0 aliphatic heterocycles. The molecule has 3 aromatic rings. The van der Waals surface area contributed by atoms with E-state index < -0.39 is 0 Å². The molecule has 0 saturated carbocycles. The van der Waals surface area contributed by atoms with Crippen molar-refractivity contribution in [1.29, 1.82) is 0 Å². The highest BCUT2D eigenvalue weighted by Gasteiger charge is 2.17. The molecule has 0 atom stereocenters. The highest BCUT2D eigenvalue weighted by molar-refractivity contribution is 7.10. The van der Waals surface area contributed by atoms with E-state index in [1.165, 1.54) is 0 Å². The summed E-state index contributed by atoms with van der Waals surface area (Å²) in [5, 5.41) is 4.61. The van der Waals surface area contributed by atoms with Crippen molar-refractivity contribution in [3.05, 3.63) is 79.6 Å². The van der Waals surface area contributed by atoms with E-state index in [1.807, 2.05) is 39.9 Å². The van der Waals surface area contributed by atoms with Crippen LogP contribution in [0.3, 0.4) is 0 Å². The average Bonchev–Trinajstić information content (AvgIpc) is 3.33. The minimum atomic E-state index is -0.0396. The van der Waals surface area contributed by atoms with Crippen LogP contribution in [0.1, 0.15) is 33.0 Å². The molecular formula is C20H18ClNO2S2. The zero-order valence-corrected chi connectivity index (χ0v) is 16.4. The Balaban J connectivity index is 1.62. The van der Waals surface area contributed by atoms with Gasteiger partial charge in [0.15, 0.2) is 5.78 Å². The van der Waals surface area contributed by atoms with Gasteiger partial charge in [0.25, 0.3) is 0 Å². The van der Waals surface area contributed by atoms with Gasteiger partial charge in [-0.3, -0.25) is 9.59 Å². The van der Waals surface area contributed by atoms with Gasteiger partial charge in [0.1, 0.15) is 0 Å². The van der Waals surface area contributed by atoms with Gasteiger partial charge in [0.05, 0.1) is 13.1 Å². The van der Waals surface area contributed by atoms with Crippen LogP contribution in [0.25, 0.3) is 0 Å². The summed E-state index contributed by atoms with van der Waals surface area (Å²) < 4.78 is 0. The predicted molar refractivity (Wildman–Crippen MR) is 108 cm³/mol. The molecule has 2 heterocycles. The molecule has 0 saturated heterocycles. The highest BCUT2D eigenvalue weighted by atomic mass is 35.5. The van der Waals surface area contributed by atoms with E-state index in [0.717, 1.165) is 9.75 Å². The Kier molecular flexibility index (Phi) is 6.61. The molecule has 0 radical (unpaired) electrons. The summed E-state index contributed by atoms with van der Waals surface area (Å²) >= 11 is 9.12. The summed E-state index contributed by atoms with van der Waals surface area (Å²) in [6.07, 6.45) is 0.407. The van der Waals surface area contributed by atoms with Crippen molar-refractivity contribution in [3.8, 4) is 0 Å². The lowest BCUT2D eigenvalue weighted by Crippen LogP contribution is -2.29. The standard InChI is InChI=1S/C20H18ClNO2S2/c21-16-7-5-15(6-8-16)19(23)9-10-20(24)22(13-17-3-1-11-25-17)14-18-4-2-12-26-18/h1-8,11-12H,9-10,13-14H2. The Labute approximate surface area is 165 Å². The van der Waals surface area contributed by atoms with Crippen LogP contribution < -0.4 is 0 Å². The lowest BCUT2D eigenvalue weighted by atomic mass is 10.1. The largest absolute Gasteiger partial charge is 0.332 e. The number of halogens is 1. The second-order valence-electron chi connectivity index (χ2n) is 5.84. The van der Waals surface area contributed by atoms with Crippen LogP contribution in [-0.2, 0) is 17.9 Å². The predicted octanol–water partition coefficient (Wildman–Crippen LogP) is 5.65. The normalized spacial score (nSPS) is 10.7. The number of Topliss-reactive ketones (excluding diaryl/α,β-unsaturated/α-hetero) is 1. The number of carbonyl (C=O) groups is 2. The first-order valence-corrected chi connectivity index (χ1v) is 10.4. The van der Waals surface area contributed by atoms with Gasteiger partial charge in [-0.25, -0.2) is 0 Å². The Bertz CT molecular complexity index is 806. The highest BCUT2D eigenvalue weighted by Crippen LogP contribution is 2.19. The monoisotopic (exact) mass is 403 g/mol. The van der Waals surface area contributed by atoms with E-state index in [-0.39, 0.29) is 24.5 Å². The van der Waals surface area contributed by atoms with E-state index in [0.29, 0.717) is 23.7 Å². The number of hydrogen-bond donors (Lipinski definition) is 0. The van der Waals surface area contributed by atoms with Crippen molar-refractivity contribution >= 4 is 46.0 Å². The fourth-order valence-electron chi connectivity index (χ4n) is 2.57. The van der Waals surface area contributed by atoms with Gasteiger partial charge in [-0.2, -0.15) is 0 Å². The maximum atomic E-state index is 12.7. The molecule has 1 amide bonds. The molecule has 134 valence electrons. The maximum Gasteiger partial charge on any atom is 0.223 e. The number of ketones is 1. The van der Waals surface area contributed by atoms with Gasteiger partial charge in [-0.05, 0) is 47.2 Å². The third-order valence-electron chi connectivity index (χ3n) is 3.94. The summed E-state index contributed by atoms with van der Waals surface area (Å²) in [5.41, 5.74) is 0.588. The summed E-state index contributed by atoms with van der Waals surface area (Å²) in [7, 11) is 0. The molecule has 0 spiro atoms. The van der Waals surface area contributed by atoms with Crippen molar-refractivity contribution in [2.45, 2.75) is 25.9 Å². The fourth-order valence-corrected chi connectivity index (χ4v) is 4.14. The van der Waals surface area contributed by atoms with Gasteiger partial charge in [-0.15, -0.1) is 22.7 Å². The lowest BCUT2D eigenvalue weighted by Gasteiger charge is -2.21. The van der Waals surface area contributed by atoms with Crippen LogP contribution >= 0.6 is 34.3 Å². The van der Waals surface area contributed by atoms with Gasteiger partial charge in [0, 0.05) is 33.2 Å². The third-order valence-corrected chi connectivity index (χ3v) is 5.91. The number of carbonyl (C=O) groups excluding carboxylic acids is 2. The number of rotatable bonds is 8. The Morgan fingerprint density at radius 3 is 1.92 bits per heavy atom. The van der Waals surface area contributed by atoms with Gasteiger partial charge < -0.3 is 4.90 Å². The van der Waals surface area contributed by atoms with Crippen LogP contribution in [-0.4, -0.2) is 16.6 Å². The molecule has 6 heteroatoms. The van der Waals surface area contributed by atoms with Crippen molar-refractivity contribution in [1.82, 2.24) is 4.90 Å². The third kappa shape index (κ3) is 5.27. The zero-order valence-electron chi connectivity index (χ0n) is 14.1. The van der Waals surface area contributed by atoms with E-state index >= 15 is 0 Å². The number of hydrogen-bond acceptors (Lipinski definition) is 4. The van der Waals surface area contributed by atoms with Gasteiger partial charge >= 0.3 is 0 Å². The van der Waals surface area contributed by atoms with E-state index in [2.05, 4.69) is 0 Å². The molecule has 0 aliphatic rings. The van der Waals surface area contributed by atoms with E-state index in [1.54, 1.807) is 46.9 Å². The Morgan fingerprint density at radius 2 is 1.42 bits per heavy atom.